The Morgan fingerprint density at radius 2 is 2.18 bits per heavy atom. The van der Waals surface area contributed by atoms with Gasteiger partial charge in [0.05, 0.1) is 0 Å². The third-order valence-corrected chi connectivity index (χ3v) is 4.19. The van der Waals surface area contributed by atoms with E-state index in [-0.39, 0.29) is 0 Å². The zero-order chi connectivity index (χ0) is 12.1. The maximum Gasteiger partial charge on any atom is 0.0206 e. The van der Waals surface area contributed by atoms with Crippen molar-refractivity contribution in [1.29, 1.82) is 0 Å². The van der Waals surface area contributed by atoms with Crippen LogP contribution in [0.25, 0.3) is 0 Å². The van der Waals surface area contributed by atoms with Gasteiger partial charge in [0.25, 0.3) is 0 Å². The van der Waals surface area contributed by atoms with Crippen LogP contribution in [0.5, 0.6) is 0 Å². The van der Waals surface area contributed by atoms with Gasteiger partial charge in [0, 0.05) is 17.2 Å². The van der Waals surface area contributed by atoms with E-state index < -0.39 is 0 Å². The van der Waals surface area contributed by atoms with E-state index in [1.165, 1.54) is 29.1 Å². The van der Waals surface area contributed by atoms with Crippen molar-refractivity contribution in [3.05, 3.63) is 29.8 Å². The molecule has 0 heterocycles. The van der Waals surface area contributed by atoms with Gasteiger partial charge in [-0.25, -0.2) is 0 Å². The summed E-state index contributed by atoms with van der Waals surface area (Å²) >= 11 is 2.02. The van der Waals surface area contributed by atoms with Crippen LogP contribution >= 0.6 is 11.8 Å². The SMILES string of the molecule is CC(C)CNCc1cccc(SCC2CC2)c1. The fraction of sp³-hybridized carbons (Fsp3) is 0.600. The molecule has 1 aliphatic carbocycles. The normalized spacial score (nSPS) is 15.5. The molecule has 94 valence electrons. The lowest BCUT2D eigenvalue weighted by molar-refractivity contribution is 0.552. The third kappa shape index (κ3) is 5.13. The van der Waals surface area contributed by atoms with Gasteiger partial charge >= 0.3 is 0 Å². The average Bonchev–Trinajstić information content (AvgIpc) is 3.10. The molecular weight excluding hydrogens is 226 g/mol. The van der Waals surface area contributed by atoms with E-state index >= 15 is 0 Å². The number of rotatable bonds is 7. The lowest BCUT2D eigenvalue weighted by atomic mass is 10.2. The molecule has 0 atom stereocenters. The summed E-state index contributed by atoms with van der Waals surface area (Å²) in [5.74, 6) is 3.04. The second kappa shape index (κ2) is 6.46. The van der Waals surface area contributed by atoms with E-state index in [2.05, 4.69) is 43.4 Å². The summed E-state index contributed by atoms with van der Waals surface area (Å²) in [6, 6.07) is 8.97. The molecule has 2 rings (SSSR count). The first-order valence-corrected chi connectivity index (χ1v) is 7.65. The second-order valence-electron chi connectivity index (χ2n) is 5.43. The van der Waals surface area contributed by atoms with Crippen molar-refractivity contribution in [2.24, 2.45) is 11.8 Å². The highest BCUT2D eigenvalue weighted by atomic mass is 32.2. The summed E-state index contributed by atoms with van der Waals surface area (Å²) in [5.41, 5.74) is 1.41. The van der Waals surface area contributed by atoms with Crippen LogP contribution in [0.1, 0.15) is 32.3 Å². The minimum Gasteiger partial charge on any atom is -0.312 e. The summed E-state index contributed by atoms with van der Waals surface area (Å²) in [5, 5.41) is 3.50. The fourth-order valence-corrected chi connectivity index (χ4v) is 2.92. The van der Waals surface area contributed by atoms with Crippen molar-refractivity contribution in [3.63, 3.8) is 0 Å². The Kier molecular flexibility index (Phi) is 4.93. The molecule has 2 heteroatoms. The van der Waals surface area contributed by atoms with Crippen LogP contribution < -0.4 is 5.32 Å². The molecule has 0 saturated heterocycles. The van der Waals surface area contributed by atoms with Crippen molar-refractivity contribution < 1.29 is 0 Å². The molecular formula is C15H23NS. The van der Waals surface area contributed by atoms with Gasteiger partial charge in [0.15, 0.2) is 0 Å². The topological polar surface area (TPSA) is 12.0 Å². The van der Waals surface area contributed by atoms with Gasteiger partial charge in [-0.15, -0.1) is 11.8 Å². The minimum atomic E-state index is 0.724. The summed E-state index contributed by atoms with van der Waals surface area (Å²) < 4.78 is 0. The first kappa shape index (κ1) is 13.0. The van der Waals surface area contributed by atoms with E-state index in [9.17, 15) is 0 Å². The molecule has 0 bridgehead atoms. The van der Waals surface area contributed by atoms with Gasteiger partial charge in [-0.3, -0.25) is 0 Å². The number of thioether (sulfide) groups is 1. The van der Waals surface area contributed by atoms with Crippen molar-refractivity contribution in [2.45, 2.75) is 38.1 Å². The van der Waals surface area contributed by atoms with Gasteiger partial charge in [0.1, 0.15) is 0 Å². The third-order valence-electron chi connectivity index (χ3n) is 2.96. The molecule has 0 spiro atoms. The molecule has 1 saturated carbocycles. The molecule has 1 nitrogen and oxygen atoms in total. The van der Waals surface area contributed by atoms with Gasteiger partial charge in [-0.05, 0) is 48.9 Å². The zero-order valence-electron chi connectivity index (χ0n) is 10.9. The highest BCUT2D eigenvalue weighted by Gasteiger charge is 2.20. The van der Waals surface area contributed by atoms with Crippen LogP contribution in [-0.4, -0.2) is 12.3 Å². The highest BCUT2D eigenvalue weighted by Crippen LogP contribution is 2.35. The lowest BCUT2D eigenvalue weighted by Crippen LogP contribution is -2.18. The predicted molar refractivity (Wildman–Crippen MR) is 76.4 cm³/mol. The summed E-state index contributed by atoms with van der Waals surface area (Å²) in [6.45, 7) is 6.58. The smallest absolute Gasteiger partial charge is 0.0206 e. The standard InChI is InChI=1S/C15H23NS/c1-12(2)9-16-10-14-4-3-5-15(8-14)17-11-13-6-7-13/h3-5,8,12-13,16H,6-7,9-11H2,1-2H3. The molecule has 1 aromatic rings. The highest BCUT2D eigenvalue weighted by molar-refractivity contribution is 7.99. The monoisotopic (exact) mass is 249 g/mol. The van der Waals surface area contributed by atoms with Gasteiger partial charge in [-0.2, -0.15) is 0 Å². The van der Waals surface area contributed by atoms with Crippen molar-refractivity contribution in [1.82, 2.24) is 5.32 Å². The van der Waals surface area contributed by atoms with Gasteiger partial charge in [0.2, 0.25) is 0 Å². The molecule has 1 aromatic carbocycles. The number of benzene rings is 1. The van der Waals surface area contributed by atoms with Crippen molar-refractivity contribution in [3.8, 4) is 0 Å². The second-order valence-corrected chi connectivity index (χ2v) is 6.52. The van der Waals surface area contributed by atoms with Crippen LogP contribution in [0.3, 0.4) is 0 Å². The quantitative estimate of drug-likeness (QED) is 0.735. The Morgan fingerprint density at radius 1 is 1.35 bits per heavy atom. The lowest BCUT2D eigenvalue weighted by Gasteiger charge is -2.08. The Morgan fingerprint density at radius 3 is 2.88 bits per heavy atom. The Balaban J connectivity index is 1.78. The molecule has 1 aliphatic rings. The van der Waals surface area contributed by atoms with Crippen molar-refractivity contribution in [2.75, 3.05) is 12.3 Å². The molecule has 0 aliphatic heterocycles. The number of hydrogen-bond acceptors (Lipinski definition) is 2. The molecule has 0 unspecified atom stereocenters. The van der Waals surface area contributed by atoms with Crippen LogP contribution in [0, 0.1) is 11.8 Å². The average molecular weight is 249 g/mol. The predicted octanol–water partition coefficient (Wildman–Crippen LogP) is 3.93. The van der Waals surface area contributed by atoms with E-state index in [1.54, 1.807) is 0 Å². The Bertz CT molecular complexity index is 345. The summed E-state index contributed by atoms with van der Waals surface area (Å²) in [7, 11) is 0. The van der Waals surface area contributed by atoms with Crippen LogP contribution in [0.4, 0.5) is 0 Å². The van der Waals surface area contributed by atoms with Crippen LogP contribution in [0.15, 0.2) is 29.2 Å². The maximum atomic E-state index is 3.50. The Labute approximate surface area is 109 Å². The van der Waals surface area contributed by atoms with Gasteiger partial charge in [-0.1, -0.05) is 26.0 Å². The summed E-state index contributed by atoms with van der Waals surface area (Å²) in [6.07, 6.45) is 2.89. The minimum absolute atomic E-state index is 0.724. The fourth-order valence-electron chi connectivity index (χ4n) is 1.75. The molecule has 0 radical (unpaired) electrons. The van der Waals surface area contributed by atoms with Crippen molar-refractivity contribution >= 4 is 11.8 Å². The molecule has 0 amide bonds. The first-order valence-electron chi connectivity index (χ1n) is 6.66. The largest absolute Gasteiger partial charge is 0.312 e. The van der Waals surface area contributed by atoms with E-state index in [1.807, 2.05) is 11.8 Å². The Hall–Kier alpha value is -0.470. The van der Waals surface area contributed by atoms with Gasteiger partial charge < -0.3 is 5.32 Å². The summed E-state index contributed by atoms with van der Waals surface area (Å²) in [4.78, 5) is 1.43. The van der Waals surface area contributed by atoms with E-state index in [0.29, 0.717) is 0 Å². The molecule has 0 aromatic heterocycles. The van der Waals surface area contributed by atoms with E-state index in [0.717, 1.165) is 24.9 Å². The molecule has 17 heavy (non-hydrogen) atoms. The number of nitrogens with one attached hydrogen (secondary N) is 1. The zero-order valence-corrected chi connectivity index (χ0v) is 11.7. The van der Waals surface area contributed by atoms with Crippen LogP contribution in [0.2, 0.25) is 0 Å². The first-order chi connectivity index (χ1) is 8.24. The molecule has 1 N–H and O–H groups in total. The van der Waals surface area contributed by atoms with E-state index in [4.69, 9.17) is 0 Å². The van der Waals surface area contributed by atoms with Crippen LogP contribution in [-0.2, 0) is 6.54 Å². The molecule has 1 fully saturated rings. The number of hydrogen-bond donors (Lipinski definition) is 1. The maximum absolute atomic E-state index is 3.50.